The van der Waals surface area contributed by atoms with Gasteiger partial charge in [0, 0.05) is 12.1 Å². The molecule has 1 unspecified atom stereocenters. The zero-order valence-electron chi connectivity index (χ0n) is 14.8. The monoisotopic (exact) mass is 370 g/mol. The molecule has 1 N–H and O–H groups in total. The highest BCUT2D eigenvalue weighted by Gasteiger charge is 2.23. The van der Waals surface area contributed by atoms with Gasteiger partial charge in [0.25, 0.3) is 0 Å². The number of rotatable bonds is 7. The normalized spacial score (nSPS) is 13.0. The smallest absolute Gasteiger partial charge is 0.241 e. The predicted octanol–water partition coefficient (Wildman–Crippen LogP) is 3.53. The summed E-state index contributed by atoms with van der Waals surface area (Å²) in [5.74, 6) is 0.717. The van der Waals surface area contributed by atoms with Crippen LogP contribution in [-0.2, 0) is 10.0 Å². The lowest BCUT2D eigenvalue weighted by Crippen LogP contribution is -2.34. The lowest BCUT2D eigenvalue weighted by molar-refractivity contribution is 0.259. The van der Waals surface area contributed by atoms with Crippen LogP contribution in [0.5, 0.6) is 0 Å². The molecule has 3 aromatic rings. The first kappa shape index (κ1) is 18.4. The summed E-state index contributed by atoms with van der Waals surface area (Å²) in [4.78, 5) is 2.19. The third-order valence-corrected chi connectivity index (χ3v) is 5.70. The van der Waals surface area contributed by atoms with Gasteiger partial charge >= 0.3 is 0 Å². The molecule has 2 aromatic carbocycles. The molecular formula is C20H22N2O3S. The van der Waals surface area contributed by atoms with Gasteiger partial charge in [0.2, 0.25) is 10.0 Å². The minimum Gasteiger partial charge on any atom is -0.468 e. The van der Waals surface area contributed by atoms with Crippen LogP contribution in [0.3, 0.4) is 0 Å². The topological polar surface area (TPSA) is 62.6 Å². The fourth-order valence-corrected chi connectivity index (χ4v) is 4.11. The number of furan rings is 1. The summed E-state index contributed by atoms with van der Waals surface area (Å²) >= 11 is 0. The van der Waals surface area contributed by atoms with Crippen molar-refractivity contribution in [2.75, 3.05) is 20.6 Å². The third-order valence-electron chi connectivity index (χ3n) is 4.22. The molecule has 0 fully saturated rings. The Morgan fingerprint density at radius 1 is 0.962 bits per heavy atom. The molecule has 1 atom stereocenters. The van der Waals surface area contributed by atoms with Crippen molar-refractivity contribution >= 4 is 10.0 Å². The van der Waals surface area contributed by atoms with Crippen molar-refractivity contribution in [3.63, 3.8) is 0 Å². The summed E-state index contributed by atoms with van der Waals surface area (Å²) in [6.07, 6.45) is 1.59. The van der Waals surface area contributed by atoms with Gasteiger partial charge in [-0.25, -0.2) is 13.1 Å². The number of nitrogens with one attached hydrogen (secondary N) is 1. The Morgan fingerprint density at radius 3 is 2.31 bits per heavy atom. The lowest BCUT2D eigenvalue weighted by Gasteiger charge is -2.23. The number of benzene rings is 2. The number of nitrogens with zero attached hydrogens (tertiary/aromatic N) is 1. The highest BCUT2D eigenvalue weighted by molar-refractivity contribution is 7.89. The SMILES string of the molecule is CN(C)C(CNS(=O)(=O)c1ccccc1-c1ccccc1)c1ccco1. The zero-order chi connectivity index (χ0) is 18.6. The van der Waals surface area contributed by atoms with Gasteiger partial charge in [0.05, 0.1) is 17.2 Å². The van der Waals surface area contributed by atoms with E-state index in [1.807, 2.05) is 67.5 Å². The molecule has 1 heterocycles. The van der Waals surface area contributed by atoms with Crippen LogP contribution in [0.15, 0.2) is 82.3 Å². The van der Waals surface area contributed by atoms with Crippen molar-refractivity contribution in [3.8, 4) is 11.1 Å². The first-order valence-electron chi connectivity index (χ1n) is 8.33. The zero-order valence-corrected chi connectivity index (χ0v) is 15.6. The van der Waals surface area contributed by atoms with Crippen LogP contribution < -0.4 is 4.72 Å². The van der Waals surface area contributed by atoms with Crippen molar-refractivity contribution in [1.82, 2.24) is 9.62 Å². The average molecular weight is 370 g/mol. The van der Waals surface area contributed by atoms with E-state index >= 15 is 0 Å². The molecule has 0 spiro atoms. The number of sulfonamides is 1. The molecule has 3 rings (SSSR count). The fraction of sp³-hybridized carbons (Fsp3) is 0.200. The Bertz CT molecular complexity index is 936. The van der Waals surface area contributed by atoms with Gasteiger partial charge in [-0.2, -0.15) is 0 Å². The van der Waals surface area contributed by atoms with Crippen molar-refractivity contribution in [2.24, 2.45) is 0 Å². The predicted molar refractivity (Wildman–Crippen MR) is 102 cm³/mol. The first-order chi connectivity index (χ1) is 12.5. The number of hydrogen-bond acceptors (Lipinski definition) is 4. The molecule has 136 valence electrons. The Labute approximate surface area is 154 Å². The van der Waals surface area contributed by atoms with E-state index in [0.29, 0.717) is 11.3 Å². The Hall–Kier alpha value is -2.41. The Kier molecular flexibility index (Phi) is 5.56. The lowest BCUT2D eigenvalue weighted by atomic mass is 10.1. The molecular weight excluding hydrogens is 348 g/mol. The van der Waals surface area contributed by atoms with Gasteiger partial charge in [0.1, 0.15) is 5.76 Å². The van der Waals surface area contributed by atoms with Crippen LogP contribution in [0.4, 0.5) is 0 Å². The third kappa shape index (κ3) is 4.04. The largest absolute Gasteiger partial charge is 0.468 e. The molecule has 0 aliphatic heterocycles. The van der Waals surface area contributed by atoms with Gasteiger partial charge < -0.3 is 4.42 Å². The summed E-state index contributed by atoms with van der Waals surface area (Å²) in [6, 6.07) is 20.0. The number of hydrogen-bond donors (Lipinski definition) is 1. The molecule has 26 heavy (non-hydrogen) atoms. The van der Waals surface area contributed by atoms with E-state index in [4.69, 9.17) is 4.42 Å². The van der Waals surface area contributed by atoms with Crippen molar-refractivity contribution < 1.29 is 12.8 Å². The molecule has 6 heteroatoms. The minimum atomic E-state index is -3.68. The summed E-state index contributed by atoms with van der Waals surface area (Å²) in [5, 5.41) is 0. The van der Waals surface area contributed by atoms with E-state index in [9.17, 15) is 8.42 Å². The van der Waals surface area contributed by atoms with Crippen LogP contribution in [-0.4, -0.2) is 34.0 Å². The molecule has 0 radical (unpaired) electrons. The van der Waals surface area contributed by atoms with E-state index in [-0.39, 0.29) is 17.5 Å². The van der Waals surface area contributed by atoms with E-state index in [1.54, 1.807) is 24.5 Å². The summed E-state index contributed by atoms with van der Waals surface area (Å²) < 4.78 is 34.1. The quantitative estimate of drug-likeness (QED) is 0.691. The number of likely N-dealkylation sites (N-methyl/N-ethyl adjacent to an activating group) is 1. The van der Waals surface area contributed by atoms with Gasteiger partial charge in [0.15, 0.2) is 0 Å². The first-order valence-corrected chi connectivity index (χ1v) is 9.81. The second kappa shape index (κ2) is 7.86. The molecule has 1 aromatic heterocycles. The van der Waals surface area contributed by atoms with E-state index in [1.165, 1.54) is 0 Å². The highest BCUT2D eigenvalue weighted by Crippen LogP contribution is 2.27. The molecule has 0 saturated heterocycles. The van der Waals surface area contributed by atoms with Gasteiger partial charge in [-0.3, -0.25) is 4.90 Å². The second-order valence-corrected chi connectivity index (χ2v) is 7.94. The molecule has 0 amide bonds. The fourth-order valence-electron chi connectivity index (χ4n) is 2.84. The standard InChI is InChI=1S/C20H22N2O3S/c1-22(2)18(19-12-8-14-25-19)15-21-26(23,24)20-13-7-6-11-17(20)16-9-4-3-5-10-16/h3-14,18,21H,15H2,1-2H3. The molecule has 0 aliphatic rings. The summed E-state index contributed by atoms with van der Waals surface area (Å²) in [5.41, 5.74) is 1.55. The highest BCUT2D eigenvalue weighted by atomic mass is 32.2. The minimum absolute atomic E-state index is 0.191. The second-order valence-electron chi connectivity index (χ2n) is 6.21. The van der Waals surface area contributed by atoms with Crippen molar-refractivity contribution in [1.29, 1.82) is 0 Å². The van der Waals surface area contributed by atoms with Gasteiger partial charge in [-0.15, -0.1) is 0 Å². The maximum atomic E-state index is 13.0. The maximum Gasteiger partial charge on any atom is 0.241 e. The maximum absolute atomic E-state index is 13.0. The molecule has 0 aliphatic carbocycles. The van der Waals surface area contributed by atoms with Crippen LogP contribution in [0.2, 0.25) is 0 Å². The van der Waals surface area contributed by atoms with E-state index in [2.05, 4.69) is 4.72 Å². The van der Waals surface area contributed by atoms with Crippen LogP contribution in [0.1, 0.15) is 11.8 Å². The molecule has 0 saturated carbocycles. The molecule has 5 nitrogen and oxygen atoms in total. The van der Waals surface area contributed by atoms with Gasteiger partial charge in [-0.05, 0) is 37.9 Å². The van der Waals surface area contributed by atoms with E-state index in [0.717, 1.165) is 5.56 Å². The van der Waals surface area contributed by atoms with Crippen molar-refractivity contribution in [2.45, 2.75) is 10.9 Å². The van der Waals surface area contributed by atoms with Crippen molar-refractivity contribution in [3.05, 3.63) is 78.8 Å². The summed E-state index contributed by atoms with van der Waals surface area (Å²) in [6.45, 7) is 0.214. The van der Waals surface area contributed by atoms with Crippen LogP contribution in [0, 0.1) is 0 Å². The van der Waals surface area contributed by atoms with Crippen LogP contribution in [0.25, 0.3) is 11.1 Å². The average Bonchev–Trinajstić information content (AvgIpc) is 3.16. The Morgan fingerprint density at radius 2 is 1.65 bits per heavy atom. The Balaban J connectivity index is 1.87. The molecule has 0 bridgehead atoms. The van der Waals surface area contributed by atoms with E-state index < -0.39 is 10.0 Å². The van der Waals surface area contributed by atoms with Crippen LogP contribution >= 0.6 is 0 Å². The van der Waals surface area contributed by atoms with Gasteiger partial charge in [-0.1, -0.05) is 48.5 Å². The summed E-state index contributed by atoms with van der Waals surface area (Å²) in [7, 11) is 0.0995.